The van der Waals surface area contributed by atoms with Crippen molar-refractivity contribution >= 4 is 40.2 Å². The molecule has 2 heterocycles. The summed E-state index contributed by atoms with van der Waals surface area (Å²) in [4.78, 5) is 52.8. The van der Waals surface area contributed by atoms with Crippen LogP contribution in [0.4, 0.5) is 9.80 Å². The number of urea groups is 1. The first-order chi connectivity index (χ1) is 15.2. The molecule has 168 valence electrons. The molecule has 1 saturated heterocycles. The van der Waals surface area contributed by atoms with Gasteiger partial charge in [0.25, 0.3) is 5.91 Å². The number of thiophene rings is 1. The molecule has 0 saturated carbocycles. The van der Waals surface area contributed by atoms with Crippen LogP contribution in [0.1, 0.15) is 51.7 Å². The number of hydrogen-bond donors (Lipinski definition) is 2. The highest BCUT2D eigenvalue weighted by Crippen LogP contribution is 2.38. The second-order valence-electron chi connectivity index (χ2n) is 8.27. The van der Waals surface area contributed by atoms with Crippen LogP contribution < -0.4 is 10.6 Å². The van der Waals surface area contributed by atoms with Gasteiger partial charge in [0.15, 0.2) is 0 Å². The van der Waals surface area contributed by atoms with E-state index in [9.17, 15) is 19.2 Å². The summed E-state index contributed by atoms with van der Waals surface area (Å²) in [7, 11) is 1.31. The number of aryl methyl sites for hydroxylation is 2. The predicted molar refractivity (Wildman–Crippen MR) is 120 cm³/mol. The van der Waals surface area contributed by atoms with Crippen LogP contribution in [-0.4, -0.2) is 42.4 Å². The molecule has 4 amide bonds. The van der Waals surface area contributed by atoms with Gasteiger partial charge in [0, 0.05) is 4.88 Å². The molecule has 2 aromatic rings. The minimum Gasteiger partial charge on any atom is -0.465 e. The van der Waals surface area contributed by atoms with Gasteiger partial charge in [-0.05, 0) is 50.7 Å². The lowest BCUT2D eigenvalue weighted by Gasteiger charge is -2.22. The average molecular weight is 456 g/mol. The number of amides is 4. The van der Waals surface area contributed by atoms with Crippen molar-refractivity contribution in [2.24, 2.45) is 0 Å². The number of nitrogens with zero attached hydrogens (tertiary/aromatic N) is 1. The summed E-state index contributed by atoms with van der Waals surface area (Å²) < 4.78 is 4.92. The highest BCUT2D eigenvalue weighted by atomic mass is 32.1. The van der Waals surface area contributed by atoms with Crippen LogP contribution in [-0.2, 0) is 32.7 Å². The van der Waals surface area contributed by atoms with Gasteiger partial charge < -0.3 is 15.4 Å². The minimum absolute atomic E-state index is 0.377. The Labute approximate surface area is 189 Å². The number of fused-ring (bicyclic) bond motifs is 1. The van der Waals surface area contributed by atoms with E-state index in [1.165, 1.54) is 18.4 Å². The maximum absolute atomic E-state index is 13.1. The second kappa shape index (κ2) is 8.38. The van der Waals surface area contributed by atoms with E-state index in [1.54, 1.807) is 19.1 Å². The highest BCUT2D eigenvalue weighted by molar-refractivity contribution is 7.17. The fraction of sp³-hybridized carbons (Fsp3) is 0.391. The maximum atomic E-state index is 13.1. The zero-order valence-corrected chi connectivity index (χ0v) is 19.1. The number of imide groups is 1. The molecule has 1 aliphatic heterocycles. The zero-order chi connectivity index (χ0) is 23.0. The van der Waals surface area contributed by atoms with Crippen molar-refractivity contribution in [1.29, 1.82) is 0 Å². The molecule has 0 spiro atoms. The Morgan fingerprint density at radius 2 is 1.88 bits per heavy atom. The van der Waals surface area contributed by atoms with Crippen LogP contribution in [0.25, 0.3) is 0 Å². The molecule has 1 unspecified atom stereocenters. The summed E-state index contributed by atoms with van der Waals surface area (Å²) >= 11 is 1.35. The summed E-state index contributed by atoms with van der Waals surface area (Å²) in [5, 5.41) is 5.83. The number of hydrogen-bond acceptors (Lipinski definition) is 6. The van der Waals surface area contributed by atoms with Gasteiger partial charge in [0.2, 0.25) is 5.91 Å². The Hall–Kier alpha value is -3.20. The molecule has 4 rings (SSSR count). The average Bonchev–Trinajstić information content (AvgIpc) is 3.23. The third-order valence-corrected chi connectivity index (χ3v) is 7.23. The van der Waals surface area contributed by atoms with Crippen molar-refractivity contribution < 1.29 is 23.9 Å². The number of benzene rings is 1. The predicted octanol–water partition coefficient (Wildman–Crippen LogP) is 3.13. The SMILES string of the molecule is COC(=O)c1c(NC(=O)CN2C(=O)NC(C)(c3ccc(C)cc3)C2=O)sc2c1CCCC2. The van der Waals surface area contributed by atoms with Crippen molar-refractivity contribution in [3.63, 3.8) is 0 Å². The smallest absolute Gasteiger partial charge is 0.341 e. The Balaban J connectivity index is 1.53. The Bertz CT molecular complexity index is 1110. The summed E-state index contributed by atoms with van der Waals surface area (Å²) in [6.07, 6.45) is 3.61. The molecule has 8 nitrogen and oxygen atoms in total. The van der Waals surface area contributed by atoms with E-state index in [-0.39, 0.29) is 0 Å². The van der Waals surface area contributed by atoms with E-state index in [0.29, 0.717) is 16.1 Å². The Kier molecular flexibility index (Phi) is 5.77. The molecule has 2 N–H and O–H groups in total. The highest BCUT2D eigenvalue weighted by Gasteiger charge is 2.49. The number of rotatable bonds is 5. The molecule has 0 radical (unpaired) electrons. The standard InChI is InChI=1S/C23H25N3O5S/c1-13-8-10-14(11-9-13)23(2)21(29)26(22(30)25-23)12-17(27)24-19-18(20(28)31-3)15-6-4-5-7-16(15)32-19/h8-11H,4-7,12H2,1-3H3,(H,24,27)(H,25,30). The summed E-state index contributed by atoms with van der Waals surface area (Å²) in [6, 6.07) is 6.67. The van der Waals surface area contributed by atoms with Crippen LogP contribution in [0, 0.1) is 6.92 Å². The Morgan fingerprint density at radius 3 is 2.56 bits per heavy atom. The largest absolute Gasteiger partial charge is 0.465 e. The number of anilines is 1. The molecular weight excluding hydrogens is 430 g/mol. The molecule has 9 heteroatoms. The summed E-state index contributed by atoms with van der Waals surface area (Å²) in [6.45, 7) is 3.11. The molecule has 1 aromatic heterocycles. The molecule has 1 aliphatic carbocycles. The molecule has 0 bridgehead atoms. The number of carbonyl (C=O) groups excluding carboxylic acids is 4. The molecule has 1 aromatic carbocycles. The van der Waals surface area contributed by atoms with E-state index in [0.717, 1.165) is 46.6 Å². The van der Waals surface area contributed by atoms with Gasteiger partial charge in [-0.15, -0.1) is 11.3 Å². The number of methoxy groups -OCH3 is 1. The summed E-state index contributed by atoms with van der Waals surface area (Å²) in [5.74, 6) is -1.55. The first kappa shape index (κ1) is 22.0. The Morgan fingerprint density at radius 1 is 1.19 bits per heavy atom. The topological polar surface area (TPSA) is 105 Å². The third kappa shape index (κ3) is 3.77. The third-order valence-electron chi connectivity index (χ3n) is 6.02. The second-order valence-corrected chi connectivity index (χ2v) is 9.37. The van der Waals surface area contributed by atoms with Crippen LogP contribution in [0.3, 0.4) is 0 Å². The molecular formula is C23H25N3O5S. The molecule has 32 heavy (non-hydrogen) atoms. The number of nitrogens with one attached hydrogen (secondary N) is 2. The zero-order valence-electron chi connectivity index (χ0n) is 18.2. The van der Waals surface area contributed by atoms with Crippen molar-refractivity contribution in [1.82, 2.24) is 10.2 Å². The van der Waals surface area contributed by atoms with Gasteiger partial charge in [-0.25, -0.2) is 9.59 Å². The van der Waals surface area contributed by atoms with Gasteiger partial charge in [-0.1, -0.05) is 29.8 Å². The first-order valence-corrected chi connectivity index (χ1v) is 11.3. The van der Waals surface area contributed by atoms with Gasteiger partial charge >= 0.3 is 12.0 Å². The fourth-order valence-corrected chi connectivity index (χ4v) is 5.50. The maximum Gasteiger partial charge on any atom is 0.341 e. The van der Waals surface area contributed by atoms with E-state index in [4.69, 9.17) is 4.74 Å². The van der Waals surface area contributed by atoms with E-state index >= 15 is 0 Å². The van der Waals surface area contributed by atoms with Crippen molar-refractivity contribution in [2.75, 3.05) is 19.0 Å². The van der Waals surface area contributed by atoms with Gasteiger partial charge in [0.05, 0.1) is 12.7 Å². The van der Waals surface area contributed by atoms with Crippen LogP contribution >= 0.6 is 11.3 Å². The lowest BCUT2D eigenvalue weighted by Crippen LogP contribution is -2.42. The van der Waals surface area contributed by atoms with E-state index < -0.39 is 35.9 Å². The van der Waals surface area contributed by atoms with Gasteiger partial charge in [-0.2, -0.15) is 0 Å². The number of esters is 1. The fourth-order valence-electron chi connectivity index (χ4n) is 4.20. The van der Waals surface area contributed by atoms with Crippen molar-refractivity contribution in [3.8, 4) is 0 Å². The quantitative estimate of drug-likeness (QED) is 0.532. The summed E-state index contributed by atoms with van der Waals surface area (Å²) in [5.41, 5.74) is 1.73. The van der Waals surface area contributed by atoms with Crippen molar-refractivity contribution in [3.05, 3.63) is 51.4 Å². The van der Waals surface area contributed by atoms with Gasteiger partial charge in [0.1, 0.15) is 17.1 Å². The lowest BCUT2D eigenvalue weighted by atomic mass is 9.91. The van der Waals surface area contributed by atoms with Gasteiger partial charge in [-0.3, -0.25) is 14.5 Å². The van der Waals surface area contributed by atoms with Crippen LogP contribution in [0.2, 0.25) is 0 Å². The van der Waals surface area contributed by atoms with E-state index in [2.05, 4.69) is 10.6 Å². The van der Waals surface area contributed by atoms with E-state index in [1.807, 2.05) is 19.1 Å². The molecule has 1 fully saturated rings. The van der Waals surface area contributed by atoms with Crippen LogP contribution in [0.15, 0.2) is 24.3 Å². The normalized spacial score (nSPS) is 20.0. The number of carbonyl (C=O) groups is 4. The number of ether oxygens (including phenoxy) is 1. The monoisotopic (exact) mass is 455 g/mol. The first-order valence-electron chi connectivity index (χ1n) is 10.5. The molecule has 2 aliphatic rings. The van der Waals surface area contributed by atoms with Crippen LogP contribution in [0.5, 0.6) is 0 Å². The minimum atomic E-state index is -1.25. The lowest BCUT2D eigenvalue weighted by molar-refractivity contribution is -0.133. The molecule has 1 atom stereocenters. The van der Waals surface area contributed by atoms with Crippen molar-refractivity contribution in [2.45, 2.75) is 45.1 Å².